The molecule has 1 aromatic rings. The van der Waals surface area contributed by atoms with Gasteiger partial charge < -0.3 is 5.32 Å². The van der Waals surface area contributed by atoms with Crippen molar-refractivity contribution in [2.24, 2.45) is 0 Å². The fraction of sp³-hybridized carbons (Fsp3) is 0.375. The third kappa shape index (κ3) is 3.58. The van der Waals surface area contributed by atoms with Gasteiger partial charge in [-0.15, -0.1) is 0 Å². The minimum atomic E-state index is -0.311. The summed E-state index contributed by atoms with van der Waals surface area (Å²) in [5.41, 5.74) is 0. The lowest BCUT2D eigenvalue weighted by Crippen LogP contribution is -2.24. The second-order valence-corrected chi connectivity index (χ2v) is 2.96. The van der Waals surface area contributed by atoms with Gasteiger partial charge in [-0.25, -0.2) is 4.98 Å². The first-order valence-corrected chi connectivity index (χ1v) is 4.79. The summed E-state index contributed by atoms with van der Waals surface area (Å²) < 4.78 is 0. The second kappa shape index (κ2) is 5.40. The van der Waals surface area contributed by atoms with Gasteiger partial charge in [0.1, 0.15) is 5.82 Å². The van der Waals surface area contributed by atoms with Crippen LogP contribution in [0.1, 0.15) is 11.6 Å². The maximum Gasteiger partial charge on any atom is 0.296 e. The lowest BCUT2D eigenvalue weighted by Gasteiger charge is -1.96. The zero-order valence-electron chi connectivity index (χ0n) is 7.59. The van der Waals surface area contributed by atoms with E-state index in [1.54, 1.807) is 0 Å². The number of nitrogens with zero attached hydrogens (tertiary/aromatic N) is 2. The number of halogens is 1. The van der Waals surface area contributed by atoms with Gasteiger partial charge in [-0.05, 0) is 11.8 Å². The topological polar surface area (TPSA) is 70.7 Å². The van der Waals surface area contributed by atoms with Crippen molar-refractivity contribution in [2.45, 2.75) is 13.3 Å². The van der Waals surface area contributed by atoms with E-state index in [1.807, 2.05) is 6.92 Å². The van der Waals surface area contributed by atoms with Crippen molar-refractivity contribution >= 4 is 21.8 Å². The molecule has 14 heavy (non-hydrogen) atoms. The number of aromatic nitrogens is 3. The van der Waals surface area contributed by atoms with E-state index in [-0.39, 0.29) is 5.91 Å². The number of aryl methyl sites for hydroxylation is 1. The molecular formula is C8H9BrN4O. The highest BCUT2D eigenvalue weighted by Gasteiger charge is 2.00. The largest absolute Gasteiger partial charge is 0.345 e. The molecule has 0 bridgehead atoms. The van der Waals surface area contributed by atoms with Crippen molar-refractivity contribution in [3.05, 3.63) is 11.6 Å². The summed E-state index contributed by atoms with van der Waals surface area (Å²) in [5, 5.41) is 9.25. The Morgan fingerprint density at radius 1 is 1.71 bits per heavy atom. The molecule has 5 nitrogen and oxygen atoms in total. The first-order chi connectivity index (χ1) is 6.72. The Bertz CT molecular complexity index is 376. The number of hydrogen-bond donors (Lipinski definition) is 2. The fourth-order valence-corrected chi connectivity index (χ4v) is 1.06. The molecule has 2 N–H and O–H groups in total. The van der Waals surface area contributed by atoms with Crippen LogP contribution in [0.5, 0.6) is 0 Å². The van der Waals surface area contributed by atoms with Gasteiger partial charge in [0, 0.05) is 34.8 Å². The van der Waals surface area contributed by atoms with Crippen LogP contribution in [0.3, 0.4) is 0 Å². The van der Waals surface area contributed by atoms with Crippen LogP contribution < -0.4 is 5.32 Å². The van der Waals surface area contributed by atoms with Crippen LogP contribution in [-0.4, -0.2) is 27.6 Å². The predicted molar refractivity (Wildman–Crippen MR) is 54.5 cm³/mol. The lowest BCUT2D eigenvalue weighted by molar-refractivity contribution is -0.115. The summed E-state index contributed by atoms with van der Waals surface area (Å²) in [5.74, 6) is 3.45. The van der Waals surface area contributed by atoms with Crippen LogP contribution in [0, 0.1) is 17.7 Å². The fourth-order valence-electron chi connectivity index (χ4n) is 0.876. The number of nitrogens with one attached hydrogen (secondary N) is 2. The molecule has 1 amide bonds. The van der Waals surface area contributed by atoms with Gasteiger partial charge in [-0.1, -0.05) is 0 Å². The third-order valence-electron chi connectivity index (χ3n) is 1.44. The van der Waals surface area contributed by atoms with E-state index >= 15 is 0 Å². The van der Waals surface area contributed by atoms with Gasteiger partial charge >= 0.3 is 0 Å². The first-order valence-electron chi connectivity index (χ1n) is 3.99. The van der Waals surface area contributed by atoms with Crippen molar-refractivity contribution in [3.8, 4) is 10.8 Å². The van der Waals surface area contributed by atoms with Crippen LogP contribution in [0.2, 0.25) is 0 Å². The molecule has 1 rings (SSSR count). The van der Waals surface area contributed by atoms with Gasteiger partial charge in [-0.3, -0.25) is 9.89 Å². The van der Waals surface area contributed by atoms with E-state index < -0.39 is 0 Å². The van der Waals surface area contributed by atoms with Gasteiger partial charge in [0.15, 0.2) is 5.82 Å². The monoisotopic (exact) mass is 256 g/mol. The van der Waals surface area contributed by atoms with Crippen molar-refractivity contribution in [1.82, 2.24) is 20.5 Å². The van der Waals surface area contributed by atoms with Crippen LogP contribution in [-0.2, 0) is 11.2 Å². The lowest BCUT2D eigenvalue weighted by atomic mass is 10.4. The summed E-state index contributed by atoms with van der Waals surface area (Å²) >= 11 is 2.84. The van der Waals surface area contributed by atoms with E-state index in [1.165, 1.54) is 0 Å². The molecule has 0 aliphatic heterocycles. The SMILES string of the molecule is Cc1nc(CCNC(=O)C#CBr)n[nH]1. The van der Waals surface area contributed by atoms with Gasteiger partial charge in [0.05, 0.1) is 0 Å². The minimum Gasteiger partial charge on any atom is -0.345 e. The number of hydrogen-bond acceptors (Lipinski definition) is 3. The average molecular weight is 257 g/mol. The van der Waals surface area contributed by atoms with E-state index in [2.05, 4.69) is 47.2 Å². The Kier molecular flexibility index (Phi) is 4.13. The van der Waals surface area contributed by atoms with Crippen molar-refractivity contribution < 1.29 is 4.79 Å². The van der Waals surface area contributed by atoms with E-state index in [0.717, 1.165) is 5.82 Å². The summed E-state index contributed by atoms with van der Waals surface area (Å²) in [6, 6.07) is 0. The van der Waals surface area contributed by atoms with Crippen molar-refractivity contribution in [1.29, 1.82) is 0 Å². The zero-order chi connectivity index (χ0) is 10.4. The van der Waals surface area contributed by atoms with Crippen LogP contribution in [0.25, 0.3) is 0 Å². The highest BCUT2D eigenvalue weighted by molar-refractivity contribution is 9.12. The second-order valence-electron chi connectivity index (χ2n) is 2.56. The smallest absolute Gasteiger partial charge is 0.296 e. The van der Waals surface area contributed by atoms with Crippen LogP contribution in [0.15, 0.2) is 0 Å². The molecule has 1 aromatic heterocycles. The number of carbonyl (C=O) groups excluding carboxylic acids is 1. The standard InChI is InChI=1S/C8H9BrN4O/c1-6-11-7(13-12-6)3-5-10-8(14)2-4-9/h3,5H2,1H3,(H,10,14)(H,11,12,13). The Morgan fingerprint density at radius 3 is 3.07 bits per heavy atom. The summed E-state index contributed by atoms with van der Waals surface area (Å²) in [6.07, 6.45) is 0.597. The Labute approximate surface area is 89.8 Å². The van der Waals surface area contributed by atoms with Crippen molar-refractivity contribution in [2.75, 3.05) is 6.54 Å². The van der Waals surface area contributed by atoms with Crippen LogP contribution in [0.4, 0.5) is 0 Å². The van der Waals surface area contributed by atoms with E-state index in [0.29, 0.717) is 18.8 Å². The summed E-state index contributed by atoms with van der Waals surface area (Å²) in [6.45, 7) is 2.31. The predicted octanol–water partition coefficient (Wildman–Crippen LogP) is 0.128. The first kappa shape index (κ1) is 10.7. The molecule has 0 aliphatic carbocycles. The maximum absolute atomic E-state index is 10.9. The molecule has 1 heterocycles. The molecule has 0 aliphatic rings. The highest BCUT2D eigenvalue weighted by Crippen LogP contribution is 1.90. The highest BCUT2D eigenvalue weighted by atomic mass is 79.9. The molecule has 0 saturated heterocycles. The Balaban J connectivity index is 2.27. The summed E-state index contributed by atoms with van der Waals surface area (Å²) in [4.78, 5) is 17.3. The van der Waals surface area contributed by atoms with Gasteiger partial charge in [0.25, 0.3) is 5.91 Å². The van der Waals surface area contributed by atoms with Crippen molar-refractivity contribution in [3.63, 3.8) is 0 Å². The summed E-state index contributed by atoms with van der Waals surface area (Å²) in [7, 11) is 0. The van der Waals surface area contributed by atoms with Gasteiger partial charge in [-0.2, -0.15) is 5.10 Å². The van der Waals surface area contributed by atoms with E-state index in [4.69, 9.17) is 0 Å². The molecule has 0 unspecified atom stereocenters. The molecule has 0 atom stereocenters. The molecule has 74 valence electrons. The number of carbonyl (C=O) groups is 1. The molecule has 0 spiro atoms. The third-order valence-corrected chi connectivity index (χ3v) is 1.64. The number of rotatable bonds is 3. The number of aromatic amines is 1. The average Bonchev–Trinajstić information content (AvgIpc) is 2.52. The minimum absolute atomic E-state index is 0.311. The molecule has 0 aromatic carbocycles. The molecule has 0 saturated carbocycles. The molecule has 0 fully saturated rings. The quantitative estimate of drug-likeness (QED) is 0.756. The number of amides is 1. The Hall–Kier alpha value is -1.35. The van der Waals surface area contributed by atoms with E-state index in [9.17, 15) is 4.79 Å². The normalized spacial score (nSPS) is 9.00. The molecule has 0 radical (unpaired) electrons. The van der Waals surface area contributed by atoms with Crippen LogP contribution >= 0.6 is 15.9 Å². The van der Waals surface area contributed by atoms with Gasteiger partial charge in [0.2, 0.25) is 0 Å². The zero-order valence-corrected chi connectivity index (χ0v) is 9.18. The Morgan fingerprint density at radius 2 is 2.50 bits per heavy atom. The molecular weight excluding hydrogens is 248 g/mol. The molecule has 6 heteroatoms. The maximum atomic E-state index is 10.9. The number of H-pyrrole nitrogens is 1.